The lowest BCUT2D eigenvalue weighted by Gasteiger charge is -2.46. The number of aliphatic hydroxyl groups is 1. The van der Waals surface area contributed by atoms with Crippen LogP contribution in [0, 0.1) is 0 Å². The zero-order valence-corrected chi connectivity index (χ0v) is 25.6. The Morgan fingerprint density at radius 3 is 2.66 bits per heavy atom. The van der Waals surface area contributed by atoms with Crippen LogP contribution in [0.25, 0.3) is 11.0 Å². The van der Waals surface area contributed by atoms with Crippen molar-refractivity contribution in [2.45, 2.75) is 89.6 Å². The lowest BCUT2D eigenvalue weighted by atomic mass is 9.94. The number of ether oxygens (including phenoxy) is 1. The molecule has 2 aromatic carbocycles. The molecule has 4 rings (SSSR count). The molecule has 1 aliphatic rings. The van der Waals surface area contributed by atoms with Crippen molar-refractivity contribution >= 4 is 41.4 Å². The van der Waals surface area contributed by atoms with E-state index in [-0.39, 0.29) is 29.9 Å². The molecule has 0 spiro atoms. The van der Waals surface area contributed by atoms with Gasteiger partial charge in [0.25, 0.3) is 0 Å². The Hall–Kier alpha value is -2.20. The Labute approximate surface area is 235 Å². The number of aromatic nitrogens is 2. The molecule has 0 radical (unpaired) electrons. The van der Waals surface area contributed by atoms with E-state index in [1.807, 2.05) is 53.1 Å². The van der Waals surface area contributed by atoms with Gasteiger partial charge in [0.15, 0.2) is 8.32 Å². The van der Waals surface area contributed by atoms with Crippen molar-refractivity contribution in [3.8, 4) is 0 Å². The van der Waals surface area contributed by atoms with E-state index in [1.54, 1.807) is 11.2 Å². The first-order valence-electron chi connectivity index (χ1n) is 13.4. The normalized spacial score (nSPS) is 19.5. The average molecular weight is 603 g/mol. The van der Waals surface area contributed by atoms with Crippen molar-refractivity contribution in [3.05, 3.63) is 64.9 Å². The molecule has 1 amide bonds. The maximum atomic E-state index is 13.4. The third kappa shape index (κ3) is 6.86. The summed E-state index contributed by atoms with van der Waals surface area (Å²) in [5.41, 5.74) is 2.78. The summed E-state index contributed by atoms with van der Waals surface area (Å²) in [6, 6.07) is 15.4. The monoisotopic (exact) mass is 601 g/mol. The number of hydrogen-bond acceptors (Lipinski definition) is 5. The number of benzene rings is 2. The highest BCUT2D eigenvalue weighted by molar-refractivity contribution is 9.10. The molecule has 0 saturated carbocycles. The first-order chi connectivity index (χ1) is 17.9. The molecule has 206 valence electrons. The van der Waals surface area contributed by atoms with Crippen molar-refractivity contribution in [3.63, 3.8) is 0 Å². The number of aliphatic hydroxyl groups excluding tert-OH is 1. The fourth-order valence-electron chi connectivity index (χ4n) is 4.79. The van der Waals surface area contributed by atoms with Gasteiger partial charge in [-0.05, 0) is 61.2 Å². The minimum atomic E-state index is -2.11. The molecule has 38 heavy (non-hydrogen) atoms. The van der Waals surface area contributed by atoms with Gasteiger partial charge in [0.1, 0.15) is 6.61 Å². The van der Waals surface area contributed by atoms with Crippen molar-refractivity contribution in [1.82, 2.24) is 14.5 Å². The summed E-state index contributed by atoms with van der Waals surface area (Å²) < 4.78 is 15.5. The summed E-state index contributed by atoms with van der Waals surface area (Å²) in [7, 11) is -2.11. The van der Waals surface area contributed by atoms with Crippen LogP contribution in [0.4, 0.5) is 4.79 Å². The lowest BCUT2D eigenvalue weighted by molar-refractivity contribution is -0.0128. The fraction of sp³-hybridized carbons (Fsp3) is 0.517. The molecule has 1 saturated heterocycles. The standard InChI is InChI=1S/C29H40BrN3O4Si/c1-29(2,3)38(4,5)37-27-12-9-15-33(28(35)36-19-21-10-7-6-8-11-21)26(27)17-23(34)18-32-20-31-24-16-22(30)13-14-25(24)32/h6-8,10-11,13-14,16,20,23,26-27,34H,9,12,15,17-19H2,1-5H3/t23?,26-,27+/m1/s1. The van der Waals surface area contributed by atoms with E-state index in [4.69, 9.17) is 9.16 Å². The van der Waals surface area contributed by atoms with Gasteiger partial charge in [-0.3, -0.25) is 0 Å². The third-order valence-electron chi connectivity index (χ3n) is 7.91. The van der Waals surface area contributed by atoms with Crippen LogP contribution in [0.5, 0.6) is 0 Å². The second-order valence-corrected chi connectivity index (χ2v) is 17.5. The number of rotatable bonds is 8. The van der Waals surface area contributed by atoms with Gasteiger partial charge in [-0.25, -0.2) is 9.78 Å². The second kappa shape index (κ2) is 11.9. The molecular weight excluding hydrogens is 562 g/mol. The Kier molecular flexibility index (Phi) is 9.02. The van der Waals surface area contributed by atoms with E-state index in [1.165, 1.54) is 0 Å². The van der Waals surface area contributed by atoms with Crippen LogP contribution in [0.15, 0.2) is 59.3 Å². The van der Waals surface area contributed by atoms with Crippen molar-refractivity contribution in [2.75, 3.05) is 6.54 Å². The SMILES string of the molecule is CC(C)(C)[Si](C)(C)O[C@H]1CCCN(C(=O)OCc2ccccc2)[C@@H]1CC(O)Cn1cnc2cc(Br)ccc21. The molecule has 1 N–H and O–H groups in total. The summed E-state index contributed by atoms with van der Waals surface area (Å²) in [5.74, 6) is 0. The van der Waals surface area contributed by atoms with Gasteiger partial charge in [-0.15, -0.1) is 0 Å². The molecule has 1 aromatic heterocycles. The first kappa shape index (κ1) is 28.8. The van der Waals surface area contributed by atoms with E-state index in [9.17, 15) is 9.90 Å². The number of carbonyl (C=O) groups excluding carboxylic acids is 1. The van der Waals surface area contributed by atoms with Crippen LogP contribution < -0.4 is 0 Å². The minimum Gasteiger partial charge on any atom is -0.445 e. The molecule has 3 aromatic rings. The summed E-state index contributed by atoms with van der Waals surface area (Å²) in [5, 5.41) is 11.3. The summed E-state index contributed by atoms with van der Waals surface area (Å²) in [4.78, 5) is 19.6. The second-order valence-electron chi connectivity index (χ2n) is 11.8. The van der Waals surface area contributed by atoms with E-state index in [0.717, 1.165) is 33.9 Å². The van der Waals surface area contributed by atoms with Gasteiger partial charge in [-0.2, -0.15) is 0 Å². The van der Waals surface area contributed by atoms with Crippen LogP contribution in [-0.2, 0) is 22.3 Å². The number of nitrogens with zero attached hydrogens (tertiary/aromatic N) is 3. The maximum Gasteiger partial charge on any atom is 0.410 e. The van der Waals surface area contributed by atoms with Gasteiger partial charge in [0.2, 0.25) is 0 Å². The number of halogens is 1. The van der Waals surface area contributed by atoms with E-state index in [2.05, 4.69) is 54.8 Å². The van der Waals surface area contributed by atoms with Gasteiger partial charge >= 0.3 is 6.09 Å². The van der Waals surface area contributed by atoms with Gasteiger partial charge in [0, 0.05) is 11.0 Å². The third-order valence-corrected chi connectivity index (χ3v) is 12.9. The molecule has 0 aliphatic carbocycles. The molecule has 3 atom stereocenters. The van der Waals surface area contributed by atoms with Crippen LogP contribution >= 0.6 is 15.9 Å². The molecular formula is C29H40BrN3O4Si. The average Bonchev–Trinajstić information content (AvgIpc) is 3.24. The zero-order valence-electron chi connectivity index (χ0n) is 23.1. The number of imidazole rings is 1. The minimum absolute atomic E-state index is 0.0380. The Balaban J connectivity index is 1.53. The smallest absolute Gasteiger partial charge is 0.410 e. The maximum absolute atomic E-state index is 13.4. The largest absolute Gasteiger partial charge is 0.445 e. The summed E-state index contributed by atoms with van der Waals surface area (Å²) in [6.45, 7) is 12.3. The van der Waals surface area contributed by atoms with Gasteiger partial charge in [-0.1, -0.05) is 67.0 Å². The predicted octanol–water partition coefficient (Wildman–Crippen LogP) is 6.74. The first-order valence-corrected chi connectivity index (χ1v) is 17.1. The molecule has 0 bridgehead atoms. The lowest BCUT2D eigenvalue weighted by Crippen LogP contribution is -2.57. The van der Waals surface area contributed by atoms with Crippen LogP contribution in [-0.4, -0.2) is 58.8 Å². The molecule has 7 nitrogen and oxygen atoms in total. The molecule has 1 unspecified atom stereocenters. The van der Waals surface area contributed by atoms with Gasteiger partial charge < -0.3 is 23.7 Å². The number of piperidine rings is 1. The van der Waals surface area contributed by atoms with Gasteiger partial charge in [0.05, 0.1) is 42.2 Å². The molecule has 1 fully saturated rings. The molecule has 1 aliphatic heterocycles. The highest BCUT2D eigenvalue weighted by Crippen LogP contribution is 2.39. The number of likely N-dealkylation sites (tertiary alicyclic amines) is 1. The molecule has 2 heterocycles. The number of fused-ring (bicyclic) bond motifs is 1. The van der Waals surface area contributed by atoms with Crippen molar-refractivity contribution in [2.24, 2.45) is 0 Å². The van der Waals surface area contributed by atoms with Crippen molar-refractivity contribution < 1.29 is 19.1 Å². The number of hydrogen-bond donors (Lipinski definition) is 1. The Morgan fingerprint density at radius 1 is 1.21 bits per heavy atom. The van der Waals surface area contributed by atoms with E-state index >= 15 is 0 Å². The van der Waals surface area contributed by atoms with Crippen molar-refractivity contribution in [1.29, 1.82) is 0 Å². The van der Waals surface area contributed by atoms with E-state index in [0.29, 0.717) is 19.5 Å². The zero-order chi connectivity index (χ0) is 27.5. The fourth-order valence-corrected chi connectivity index (χ4v) is 6.52. The highest BCUT2D eigenvalue weighted by atomic mass is 79.9. The van der Waals surface area contributed by atoms with Crippen LogP contribution in [0.3, 0.4) is 0 Å². The topological polar surface area (TPSA) is 76.8 Å². The molecule has 9 heteroatoms. The summed E-state index contributed by atoms with van der Waals surface area (Å²) >= 11 is 3.49. The highest BCUT2D eigenvalue weighted by Gasteiger charge is 2.44. The van der Waals surface area contributed by atoms with E-state index < -0.39 is 14.4 Å². The predicted molar refractivity (Wildman–Crippen MR) is 156 cm³/mol. The Morgan fingerprint density at radius 2 is 1.95 bits per heavy atom. The summed E-state index contributed by atoms with van der Waals surface area (Å²) in [6.07, 6.45) is 2.66. The van der Waals surface area contributed by atoms with Crippen LogP contribution in [0.1, 0.15) is 45.6 Å². The Bertz CT molecular complexity index is 1230. The number of carbonyl (C=O) groups is 1. The number of amides is 1. The quantitative estimate of drug-likeness (QED) is 0.289. The van der Waals surface area contributed by atoms with Crippen LogP contribution in [0.2, 0.25) is 18.1 Å².